The van der Waals surface area contributed by atoms with Crippen molar-refractivity contribution in [2.24, 2.45) is 5.73 Å². The first-order valence-electron chi connectivity index (χ1n) is 6.65. The molecule has 0 aliphatic carbocycles. The Labute approximate surface area is 129 Å². The first kappa shape index (κ1) is 17.4. The van der Waals surface area contributed by atoms with E-state index in [0.29, 0.717) is 18.0 Å². The molecule has 0 saturated carbocycles. The molecule has 0 spiro atoms. The Morgan fingerprint density at radius 3 is 2.29 bits per heavy atom. The number of rotatable bonds is 4. The molecule has 7 heteroatoms. The van der Waals surface area contributed by atoms with Gasteiger partial charge in [-0.25, -0.2) is 0 Å². The molecule has 2 rings (SSSR count). The summed E-state index contributed by atoms with van der Waals surface area (Å²) in [5.74, 6) is -0.379. The van der Waals surface area contributed by atoms with Crippen LogP contribution >= 0.6 is 12.4 Å². The van der Waals surface area contributed by atoms with Gasteiger partial charge in [-0.05, 0) is 44.0 Å². The second-order valence-corrected chi connectivity index (χ2v) is 4.85. The van der Waals surface area contributed by atoms with Crippen LogP contribution in [0.5, 0.6) is 0 Å². The zero-order valence-corrected chi connectivity index (χ0v) is 12.6. The first-order valence-corrected chi connectivity index (χ1v) is 6.65. The third-order valence-electron chi connectivity index (χ3n) is 3.06. The maximum atomic E-state index is 11.8. The maximum absolute atomic E-state index is 11.8. The van der Waals surface area contributed by atoms with Gasteiger partial charge < -0.3 is 21.1 Å². The predicted molar refractivity (Wildman–Crippen MR) is 83.6 cm³/mol. The minimum Gasteiger partial charge on any atom is -0.368 e. The molecule has 1 heterocycles. The van der Waals surface area contributed by atoms with E-state index in [-0.39, 0.29) is 30.3 Å². The van der Waals surface area contributed by atoms with Gasteiger partial charge in [0, 0.05) is 18.0 Å². The molecule has 116 valence electrons. The lowest BCUT2D eigenvalue weighted by Gasteiger charge is -2.11. The Bertz CT molecular complexity index is 485. The van der Waals surface area contributed by atoms with Gasteiger partial charge in [0.25, 0.3) is 5.91 Å². The van der Waals surface area contributed by atoms with Gasteiger partial charge in [0.15, 0.2) is 0 Å². The molecule has 2 atom stereocenters. The molecule has 1 aliphatic heterocycles. The minimum absolute atomic E-state index is 0. The number of carbonyl (C=O) groups excluding carboxylic acids is 2. The van der Waals surface area contributed by atoms with Crippen molar-refractivity contribution < 1.29 is 14.3 Å². The molecule has 1 aliphatic rings. The fraction of sp³-hybridized carbons (Fsp3) is 0.429. The average Bonchev–Trinajstić information content (AvgIpc) is 2.95. The summed E-state index contributed by atoms with van der Waals surface area (Å²) < 4.78 is 5.31. The lowest BCUT2D eigenvalue weighted by atomic mass is 10.2. The number of amides is 2. The lowest BCUT2D eigenvalue weighted by molar-refractivity contribution is -0.124. The van der Waals surface area contributed by atoms with E-state index >= 15 is 0 Å². The predicted octanol–water partition coefficient (Wildman–Crippen LogP) is 1.51. The molecule has 4 N–H and O–H groups in total. The number of benzene rings is 1. The largest absolute Gasteiger partial charge is 0.368 e. The molecule has 2 amide bonds. The number of nitrogens with two attached hydrogens (primary N) is 1. The third-order valence-corrected chi connectivity index (χ3v) is 3.06. The van der Waals surface area contributed by atoms with Gasteiger partial charge in [-0.1, -0.05) is 0 Å². The van der Waals surface area contributed by atoms with Gasteiger partial charge in [0.1, 0.15) is 6.10 Å². The fourth-order valence-corrected chi connectivity index (χ4v) is 1.90. The molecule has 6 nitrogen and oxygen atoms in total. The Kier molecular flexibility index (Phi) is 6.61. The number of anilines is 2. The van der Waals surface area contributed by atoms with Crippen molar-refractivity contribution in [3.8, 4) is 0 Å². The lowest BCUT2D eigenvalue weighted by Crippen LogP contribution is -2.32. The van der Waals surface area contributed by atoms with E-state index in [4.69, 9.17) is 10.5 Å². The normalized spacial score (nSPS) is 18.5. The summed E-state index contributed by atoms with van der Waals surface area (Å²) >= 11 is 0. The highest BCUT2D eigenvalue weighted by molar-refractivity contribution is 5.96. The molecule has 0 aromatic heterocycles. The minimum atomic E-state index is -0.561. The topological polar surface area (TPSA) is 93.5 Å². The molecule has 0 bridgehead atoms. The van der Waals surface area contributed by atoms with Crippen molar-refractivity contribution in [1.82, 2.24) is 0 Å². The smallest absolute Gasteiger partial charge is 0.253 e. The van der Waals surface area contributed by atoms with Gasteiger partial charge in [-0.3, -0.25) is 9.59 Å². The number of nitrogens with one attached hydrogen (secondary N) is 2. The average molecular weight is 314 g/mol. The monoisotopic (exact) mass is 313 g/mol. The van der Waals surface area contributed by atoms with Crippen LogP contribution in [0.3, 0.4) is 0 Å². The molecule has 1 fully saturated rings. The Morgan fingerprint density at radius 1 is 1.24 bits per heavy atom. The van der Waals surface area contributed by atoms with Crippen molar-refractivity contribution in [1.29, 1.82) is 0 Å². The number of ether oxygens (including phenoxy) is 1. The molecule has 1 aromatic carbocycles. The van der Waals surface area contributed by atoms with E-state index in [1.54, 1.807) is 31.2 Å². The summed E-state index contributed by atoms with van der Waals surface area (Å²) in [6.07, 6.45) is 1.32. The molecular formula is C14H20ClN3O3. The summed E-state index contributed by atoms with van der Waals surface area (Å²) in [4.78, 5) is 23.3. The van der Waals surface area contributed by atoms with Gasteiger partial charge in [0.05, 0.1) is 6.04 Å². The standard InChI is InChI=1S/C14H19N3O3.ClH/c1-9(15)13(18)16-10-4-6-11(7-5-10)17-14(19)12-3-2-8-20-12;/h4-7,9,12H,2-3,8,15H2,1H3,(H,16,18)(H,17,19);1H/t9-,12?;/m1./s1. The SMILES string of the molecule is C[C@@H](N)C(=O)Nc1ccc(NC(=O)C2CCCO2)cc1.Cl. The van der Waals surface area contributed by atoms with Crippen LogP contribution in [0.1, 0.15) is 19.8 Å². The van der Waals surface area contributed by atoms with E-state index in [1.165, 1.54) is 0 Å². The van der Waals surface area contributed by atoms with E-state index < -0.39 is 6.04 Å². The highest BCUT2D eigenvalue weighted by Crippen LogP contribution is 2.17. The quantitative estimate of drug-likeness (QED) is 0.785. The van der Waals surface area contributed by atoms with Crippen LogP contribution < -0.4 is 16.4 Å². The van der Waals surface area contributed by atoms with Crippen LogP contribution in [-0.2, 0) is 14.3 Å². The maximum Gasteiger partial charge on any atom is 0.253 e. The summed E-state index contributed by atoms with van der Waals surface area (Å²) in [6.45, 7) is 2.26. The van der Waals surface area contributed by atoms with Crippen LogP contribution in [0.4, 0.5) is 11.4 Å². The number of carbonyl (C=O) groups is 2. The second kappa shape index (κ2) is 7.97. The molecule has 1 saturated heterocycles. The summed E-state index contributed by atoms with van der Waals surface area (Å²) in [7, 11) is 0. The van der Waals surface area contributed by atoms with Gasteiger partial charge in [0.2, 0.25) is 5.91 Å². The fourth-order valence-electron chi connectivity index (χ4n) is 1.90. The third kappa shape index (κ3) is 5.00. The van der Waals surface area contributed by atoms with E-state index in [0.717, 1.165) is 12.8 Å². The molecular weight excluding hydrogens is 294 g/mol. The number of hydrogen-bond donors (Lipinski definition) is 3. The van der Waals surface area contributed by atoms with Gasteiger partial charge in [-0.2, -0.15) is 0 Å². The van der Waals surface area contributed by atoms with Crippen LogP contribution in [-0.4, -0.2) is 30.6 Å². The second-order valence-electron chi connectivity index (χ2n) is 4.85. The molecule has 21 heavy (non-hydrogen) atoms. The van der Waals surface area contributed by atoms with Crippen molar-refractivity contribution >= 4 is 35.6 Å². The van der Waals surface area contributed by atoms with Crippen molar-refractivity contribution in [3.05, 3.63) is 24.3 Å². The van der Waals surface area contributed by atoms with Crippen LogP contribution in [0.25, 0.3) is 0 Å². The first-order chi connectivity index (χ1) is 9.56. The van der Waals surface area contributed by atoms with Crippen molar-refractivity contribution in [3.63, 3.8) is 0 Å². The number of hydrogen-bond acceptors (Lipinski definition) is 4. The van der Waals surface area contributed by atoms with Crippen LogP contribution in [0.15, 0.2) is 24.3 Å². The zero-order chi connectivity index (χ0) is 14.5. The van der Waals surface area contributed by atoms with Crippen LogP contribution in [0, 0.1) is 0 Å². The van der Waals surface area contributed by atoms with Crippen molar-refractivity contribution in [2.45, 2.75) is 31.9 Å². The molecule has 1 aromatic rings. The Hall–Kier alpha value is -1.63. The van der Waals surface area contributed by atoms with Gasteiger partial charge >= 0.3 is 0 Å². The van der Waals surface area contributed by atoms with Crippen LogP contribution in [0.2, 0.25) is 0 Å². The number of halogens is 1. The Balaban J connectivity index is 0.00000220. The molecule has 1 unspecified atom stereocenters. The van der Waals surface area contributed by atoms with Crippen molar-refractivity contribution in [2.75, 3.05) is 17.2 Å². The van der Waals surface area contributed by atoms with E-state index in [9.17, 15) is 9.59 Å². The highest BCUT2D eigenvalue weighted by Gasteiger charge is 2.23. The van der Waals surface area contributed by atoms with E-state index in [2.05, 4.69) is 10.6 Å². The molecule has 0 radical (unpaired) electrons. The Morgan fingerprint density at radius 2 is 1.81 bits per heavy atom. The summed E-state index contributed by atoms with van der Waals surface area (Å²) in [5, 5.41) is 5.46. The summed E-state index contributed by atoms with van der Waals surface area (Å²) in [6, 6.07) is 6.32. The van der Waals surface area contributed by atoms with Gasteiger partial charge in [-0.15, -0.1) is 12.4 Å². The van der Waals surface area contributed by atoms with E-state index in [1.807, 2.05) is 0 Å². The summed E-state index contributed by atoms with van der Waals surface area (Å²) in [5.41, 5.74) is 6.78. The highest BCUT2D eigenvalue weighted by atomic mass is 35.5. The zero-order valence-electron chi connectivity index (χ0n) is 11.8.